The van der Waals surface area contributed by atoms with E-state index in [0.717, 1.165) is 42.8 Å². The molecule has 0 atom stereocenters. The number of imide groups is 1. The number of hydrogen-bond donors (Lipinski definition) is 1. The van der Waals surface area contributed by atoms with Gasteiger partial charge in [0.25, 0.3) is 11.1 Å². The molecule has 1 aliphatic heterocycles. The first-order valence-corrected chi connectivity index (χ1v) is 11.7. The van der Waals surface area contributed by atoms with Crippen LogP contribution in [0, 0.1) is 17.7 Å². The Morgan fingerprint density at radius 3 is 2.52 bits per heavy atom. The molecule has 2 amide bonds. The van der Waals surface area contributed by atoms with Crippen molar-refractivity contribution in [3.8, 4) is 0 Å². The number of rotatable bonds is 7. The summed E-state index contributed by atoms with van der Waals surface area (Å²) in [5.74, 6) is 1.61. The van der Waals surface area contributed by atoms with Crippen LogP contribution in [-0.2, 0) is 17.6 Å². The molecular formula is C24H26FN3O2S. The van der Waals surface area contributed by atoms with E-state index in [1.54, 1.807) is 18.3 Å². The molecule has 1 saturated carbocycles. The SMILES string of the molecule is O=C1NC(=O)/C(=C/c2ccnc(CC3CCC(CCCc4ccc(F)cc4)CC3)n2)S1. The highest BCUT2D eigenvalue weighted by Gasteiger charge is 2.25. The van der Waals surface area contributed by atoms with Crippen molar-refractivity contribution in [1.29, 1.82) is 0 Å². The van der Waals surface area contributed by atoms with Crippen LogP contribution in [0.1, 0.15) is 55.6 Å². The number of nitrogens with one attached hydrogen (secondary N) is 1. The minimum absolute atomic E-state index is 0.175. The van der Waals surface area contributed by atoms with Crippen molar-refractivity contribution >= 4 is 29.0 Å². The number of aryl methyl sites for hydroxylation is 1. The molecule has 7 heteroatoms. The molecule has 1 aromatic heterocycles. The van der Waals surface area contributed by atoms with Crippen molar-refractivity contribution < 1.29 is 14.0 Å². The molecule has 2 fully saturated rings. The lowest BCUT2D eigenvalue weighted by Crippen LogP contribution is -2.18. The molecule has 1 saturated heterocycles. The van der Waals surface area contributed by atoms with Crippen LogP contribution in [0.2, 0.25) is 0 Å². The molecular weight excluding hydrogens is 413 g/mol. The van der Waals surface area contributed by atoms with Gasteiger partial charge >= 0.3 is 0 Å². The van der Waals surface area contributed by atoms with Gasteiger partial charge in [0.05, 0.1) is 10.6 Å². The van der Waals surface area contributed by atoms with Gasteiger partial charge in [-0.15, -0.1) is 0 Å². The van der Waals surface area contributed by atoms with Crippen LogP contribution < -0.4 is 5.32 Å². The number of aromatic nitrogens is 2. The number of carbonyl (C=O) groups excluding carboxylic acids is 2. The fraction of sp³-hybridized carbons (Fsp3) is 0.417. The number of benzene rings is 1. The highest BCUT2D eigenvalue weighted by Crippen LogP contribution is 2.33. The number of nitrogens with zero attached hydrogens (tertiary/aromatic N) is 2. The standard InChI is InChI=1S/C24H26FN3O2S/c25-19-10-8-17(9-11-19)3-1-2-16-4-6-18(7-5-16)14-22-26-13-12-20(27-22)15-21-23(29)28-24(30)31-21/h8-13,15-16,18H,1-7,14H2,(H,28,29,30)/b21-15-. The molecule has 0 unspecified atom stereocenters. The maximum atomic E-state index is 13.0. The van der Waals surface area contributed by atoms with Crippen LogP contribution >= 0.6 is 11.8 Å². The second kappa shape index (κ2) is 10.2. The van der Waals surface area contributed by atoms with Gasteiger partial charge in [0.15, 0.2) is 0 Å². The van der Waals surface area contributed by atoms with E-state index in [1.807, 2.05) is 12.1 Å². The van der Waals surface area contributed by atoms with E-state index in [9.17, 15) is 14.0 Å². The van der Waals surface area contributed by atoms with Crippen LogP contribution in [0.25, 0.3) is 6.08 Å². The predicted octanol–water partition coefficient (Wildman–Crippen LogP) is 5.31. The van der Waals surface area contributed by atoms with Gasteiger partial charge < -0.3 is 0 Å². The first-order chi connectivity index (χ1) is 15.0. The quantitative estimate of drug-likeness (QED) is 0.592. The largest absolute Gasteiger partial charge is 0.290 e. The van der Waals surface area contributed by atoms with Crippen molar-refractivity contribution in [2.45, 2.75) is 51.4 Å². The van der Waals surface area contributed by atoms with Gasteiger partial charge in [0, 0.05) is 12.6 Å². The molecule has 0 radical (unpaired) electrons. The van der Waals surface area contributed by atoms with E-state index in [-0.39, 0.29) is 17.0 Å². The van der Waals surface area contributed by atoms with E-state index in [0.29, 0.717) is 16.5 Å². The van der Waals surface area contributed by atoms with Crippen molar-refractivity contribution in [3.63, 3.8) is 0 Å². The molecule has 31 heavy (non-hydrogen) atoms. The van der Waals surface area contributed by atoms with Crippen LogP contribution in [-0.4, -0.2) is 21.1 Å². The summed E-state index contributed by atoms with van der Waals surface area (Å²) in [6, 6.07) is 8.59. The molecule has 5 nitrogen and oxygen atoms in total. The van der Waals surface area contributed by atoms with Crippen LogP contribution in [0.4, 0.5) is 9.18 Å². The van der Waals surface area contributed by atoms with E-state index in [2.05, 4.69) is 15.3 Å². The summed E-state index contributed by atoms with van der Waals surface area (Å²) in [6.45, 7) is 0. The maximum Gasteiger partial charge on any atom is 0.290 e. The van der Waals surface area contributed by atoms with Crippen molar-refractivity contribution in [1.82, 2.24) is 15.3 Å². The molecule has 1 aromatic carbocycles. The average molecular weight is 440 g/mol. The first-order valence-electron chi connectivity index (χ1n) is 10.9. The zero-order chi connectivity index (χ0) is 21.6. The summed E-state index contributed by atoms with van der Waals surface area (Å²) in [5, 5.41) is 1.91. The monoisotopic (exact) mass is 439 g/mol. The number of hydrogen-bond acceptors (Lipinski definition) is 5. The minimum Gasteiger partial charge on any atom is -0.282 e. The zero-order valence-electron chi connectivity index (χ0n) is 17.4. The summed E-state index contributed by atoms with van der Waals surface area (Å²) in [6.07, 6.45) is 12.4. The lowest BCUT2D eigenvalue weighted by atomic mass is 9.78. The Labute approximate surface area is 185 Å². The van der Waals surface area contributed by atoms with Gasteiger partial charge in [0.1, 0.15) is 11.6 Å². The summed E-state index contributed by atoms with van der Waals surface area (Å²) < 4.78 is 13.0. The summed E-state index contributed by atoms with van der Waals surface area (Å²) in [4.78, 5) is 32.4. The maximum absolute atomic E-state index is 13.0. The van der Waals surface area contributed by atoms with Gasteiger partial charge in [-0.1, -0.05) is 31.4 Å². The van der Waals surface area contributed by atoms with Crippen molar-refractivity contribution in [2.24, 2.45) is 11.8 Å². The van der Waals surface area contributed by atoms with Gasteiger partial charge in [-0.25, -0.2) is 14.4 Å². The number of amides is 2. The Hall–Kier alpha value is -2.54. The molecule has 162 valence electrons. The summed E-state index contributed by atoms with van der Waals surface area (Å²) in [7, 11) is 0. The van der Waals surface area contributed by atoms with Crippen LogP contribution in [0.5, 0.6) is 0 Å². The Morgan fingerprint density at radius 1 is 1.06 bits per heavy atom. The molecule has 1 N–H and O–H groups in total. The van der Waals surface area contributed by atoms with Gasteiger partial charge in [-0.3, -0.25) is 14.9 Å². The lowest BCUT2D eigenvalue weighted by Gasteiger charge is -2.28. The molecule has 2 aliphatic rings. The van der Waals surface area contributed by atoms with E-state index in [1.165, 1.54) is 49.8 Å². The van der Waals surface area contributed by atoms with Crippen molar-refractivity contribution in [3.05, 3.63) is 64.3 Å². The van der Waals surface area contributed by atoms with Gasteiger partial charge in [0.2, 0.25) is 0 Å². The smallest absolute Gasteiger partial charge is 0.282 e. The van der Waals surface area contributed by atoms with Gasteiger partial charge in [-0.2, -0.15) is 0 Å². The second-order valence-electron chi connectivity index (χ2n) is 8.36. The summed E-state index contributed by atoms with van der Waals surface area (Å²) in [5.41, 5.74) is 1.87. The van der Waals surface area contributed by atoms with Crippen LogP contribution in [0.15, 0.2) is 41.4 Å². The third-order valence-electron chi connectivity index (χ3n) is 6.08. The highest BCUT2D eigenvalue weighted by atomic mass is 32.2. The summed E-state index contributed by atoms with van der Waals surface area (Å²) >= 11 is 0.900. The third kappa shape index (κ3) is 6.23. The molecule has 4 rings (SSSR count). The van der Waals surface area contributed by atoms with E-state index < -0.39 is 0 Å². The lowest BCUT2D eigenvalue weighted by molar-refractivity contribution is -0.115. The Bertz CT molecular complexity index is 969. The second-order valence-corrected chi connectivity index (χ2v) is 9.37. The Balaban J connectivity index is 1.23. The highest BCUT2D eigenvalue weighted by molar-refractivity contribution is 8.18. The predicted molar refractivity (Wildman–Crippen MR) is 120 cm³/mol. The Kier molecular flexibility index (Phi) is 7.12. The molecule has 1 aliphatic carbocycles. The third-order valence-corrected chi connectivity index (χ3v) is 6.89. The van der Waals surface area contributed by atoms with Crippen molar-refractivity contribution in [2.75, 3.05) is 0 Å². The normalized spacial score (nSPS) is 22.7. The fourth-order valence-corrected chi connectivity index (χ4v) is 5.04. The molecule has 2 heterocycles. The molecule has 2 aromatic rings. The van der Waals surface area contributed by atoms with E-state index in [4.69, 9.17) is 0 Å². The molecule has 0 spiro atoms. The average Bonchev–Trinajstić information content (AvgIpc) is 3.07. The van der Waals surface area contributed by atoms with Gasteiger partial charge in [-0.05, 0) is 79.1 Å². The Morgan fingerprint density at radius 2 is 1.81 bits per heavy atom. The molecule has 0 bridgehead atoms. The van der Waals surface area contributed by atoms with Crippen LogP contribution in [0.3, 0.4) is 0 Å². The topological polar surface area (TPSA) is 72.0 Å². The number of halogens is 1. The number of thioether (sulfide) groups is 1. The zero-order valence-corrected chi connectivity index (χ0v) is 18.2. The number of carbonyl (C=O) groups is 2. The first kappa shape index (κ1) is 21.7. The fourth-order valence-electron chi connectivity index (χ4n) is 4.38. The minimum atomic E-state index is -0.368. The van der Waals surface area contributed by atoms with E-state index >= 15 is 0 Å².